The minimum Gasteiger partial charge on any atom is -0.338 e. The zero-order chi connectivity index (χ0) is 12.4. The lowest BCUT2D eigenvalue weighted by Gasteiger charge is -2.17. The fourth-order valence-electron chi connectivity index (χ4n) is 2.07. The Morgan fingerprint density at radius 3 is 2.94 bits per heavy atom. The number of likely N-dealkylation sites (tertiary alicyclic amines) is 1. The number of rotatable bonds is 2. The molecule has 5 heteroatoms. The predicted octanol–water partition coefficient (Wildman–Crippen LogP) is 2.01. The molecule has 1 saturated heterocycles. The largest absolute Gasteiger partial charge is 0.338 e. The number of hydrogen-bond acceptors (Lipinski definition) is 2. The lowest BCUT2D eigenvalue weighted by atomic mass is 10.1. The van der Waals surface area contributed by atoms with Gasteiger partial charge in [-0.05, 0) is 46.9 Å². The number of benzene rings is 1. The van der Waals surface area contributed by atoms with Gasteiger partial charge >= 0.3 is 0 Å². The molecule has 3 nitrogen and oxygen atoms in total. The molecule has 92 valence electrons. The van der Waals surface area contributed by atoms with Crippen LogP contribution in [0.25, 0.3) is 0 Å². The van der Waals surface area contributed by atoms with E-state index in [0.29, 0.717) is 30.0 Å². The van der Waals surface area contributed by atoms with Crippen molar-refractivity contribution >= 4 is 21.8 Å². The lowest BCUT2D eigenvalue weighted by molar-refractivity contribution is 0.0782. The Labute approximate surface area is 108 Å². The molecule has 17 heavy (non-hydrogen) atoms. The fraction of sp³-hybridized carbons (Fsp3) is 0.417. The molecule has 1 amide bonds. The van der Waals surface area contributed by atoms with Gasteiger partial charge in [-0.2, -0.15) is 0 Å². The third-order valence-corrected chi connectivity index (χ3v) is 3.74. The van der Waals surface area contributed by atoms with Crippen molar-refractivity contribution in [2.24, 2.45) is 11.7 Å². The summed E-state index contributed by atoms with van der Waals surface area (Å²) in [4.78, 5) is 13.8. The first-order valence-corrected chi connectivity index (χ1v) is 6.36. The summed E-state index contributed by atoms with van der Waals surface area (Å²) in [6, 6.07) is 4.55. The van der Waals surface area contributed by atoms with Gasteiger partial charge in [0.2, 0.25) is 0 Å². The van der Waals surface area contributed by atoms with E-state index in [2.05, 4.69) is 15.9 Å². The van der Waals surface area contributed by atoms with E-state index in [1.807, 2.05) is 0 Å². The van der Waals surface area contributed by atoms with Crippen LogP contribution in [0.4, 0.5) is 4.39 Å². The molecule has 1 fully saturated rings. The van der Waals surface area contributed by atoms with Crippen LogP contribution in [0.5, 0.6) is 0 Å². The molecule has 1 aromatic carbocycles. The van der Waals surface area contributed by atoms with Gasteiger partial charge in [-0.25, -0.2) is 4.39 Å². The van der Waals surface area contributed by atoms with Crippen molar-refractivity contribution in [3.63, 3.8) is 0 Å². The number of nitrogens with zero attached hydrogens (tertiary/aromatic N) is 1. The molecule has 1 aliphatic rings. The first kappa shape index (κ1) is 12.5. The van der Waals surface area contributed by atoms with Gasteiger partial charge in [-0.15, -0.1) is 0 Å². The Hall–Kier alpha value is -0.940. The van der Waals surface area contributed by atoms with Crippen molar-refractivity contribution in [1.29, 1.82) is 0 Å². The monoisotopic (exact) mass is 300 g/mol. The number of carbonyl (C=O) groups excluding carboxylic acids is 1. The van der Waals surface area contributed by atoms with Crippen LogP contribution in [0, 0.1) is 11.7 Å². The first-order chi connectivity index (χ1) is 8.13. The Balaban J connectivity index is 2.21. The van der Waals surface area contributed by atoms with Crippen molar-refractivity contribution in [3.8, 4) is 0 Å². The van der Waals surface area contributed by atoms with E-state index in [1.54, 1.807) is 17.0 Å². The fourth-order valence-corrected chi connectivity index (χ4v) is 2.58. The maximum atomic E-state index is 13.6. The van der Waals surface area contributed by atoms with Crippen molar-refractivity contribution in [1.82, 2.24) is 4.90 Å². The van der Waals surface area contributed by atoms with Gasteiger partial charge in [0.25, 0.3) is 5.91 Å². The van der Waals surface area contributed by atoms with Gasteiger partial charge in [-0.1, -0.05) is 6.07 Å². The molecule has 0 unspecified atom stereocenters. The quantitative estimate of drug-likeness (QED) is 0.908. The topological polar surface area (TPSA) is 46.3 Å². The van der Waals surface area contributed by atoms with Crippen molar-refractivity contribution in [3.05, 3.63) is 34.1 Å². The Kier molecular flexibility index (Phi) is 3.79. The predicted molar refractivity (Wildman–Crippen MR) is 67.2 cm³/mol. The Morgan fingerprint density at radius 1 is 1.59 bits per heavy atom. The van der Waals surface area contributed by atoms with E-state index in [0.717, 1.165) is 6.42 Å². The van der Waals surface area contributed by atoms with Crippen LogP contribution in [-0.2, 0) is 0 Å². The van der Waals surface area contributed by atoms with Crippen LogP contribution < -0.4 is 5.73 Å². The van der Waals surface area contributed by atoms with E-state index in [-0.39, 0.29) is 11.5 Å². The van der Waals surface area contributed by atoms with Gasteiger partial charge in [0.1, 0.15) is 5.82 Å². The van der Waals surface area contributed by atoms with Gasteiger partial charge < -0.3 is 10.6 Å². The molecule has 0 saturated carbocycles. The molecular weight excluding hydrogens is 287 g/mol. The van der Waals surface area contributed by atoms with Crippen molar-refractivity contribution in [2.45, 2.75) is 6.42 Å². The number of nitrogens with two attached hydrogens (primary N) is 1. The van der Waals surface area contributed by atoms with Gasteiger partial charge in [0.15, 0.2) is 0 Å². The number of carbonyl (C=O) groups is 1. The second kappa shape index (κ2) is 5.14. The highest BCUT2D eigenvalue weighted by Gasteiger charge is 2.28. The smallest absolute Gasteiger partial charge is 0.257 e. The molecule has 0 aromatic heterocycles. The molecule has 1 aliphatic heterocycles. The van der Waals surface area contributed by atoms with Crippen molar-refractivity contribution in [2.75, 3.05) is 19.6 Å². The standard InChI is InChI=1S/C12H14BrFN2O/c13-9-2-1-3-10(14)11(9)12(17)16-5-4-8(6-15)7-16/h1-3,8H,4-7,15H2/t8-/m0/s1. The van der Waals surface area contributed by atoms with Crippen LogP contribution in [0.2, 0.25) is 0 Å². The summed E-state index contributed by atoms with van der Waals surface area (Å²) in [5, 5.41) is 0. The minimum absolute atomic E-state index is 0.116. The highest BCUT2D eigenvalue weighted by molar-refractivity contribution is 9.10. The van der Waals surface area contributed by atoms with Gasteiger partial charge in [0, 0.05) is 17.6 Å². The van der Waals surface area contributed by atoms with Crippen LogP contribution in [0.1, 0.15) is 16.8 Å². The summed E-state index contributed by atoms with van der Waals surface area (Å²) in [6.45, 7) is 1.85. The van der Waals surface area contributed by atoms with E-state index >= 15 is 0 Å². The number of hydrogen-bond donors (Lipinski definition) is 1. The number of halogens is 2. The highest BCUT2D eigenvalue weighted by atomic mass is 79.9. The van der Waals surface area contributed by atoms with Crippen LogP contribution in [0.3, 0.4) is 0 Å². The normalized spacial score (nSPS) is 19.7. The average Bonchev–Trinajstić information content (AvgIpc) is 2.77. The number of amides is 1. The average molecular weight is 301 g/mol. The molecule has 2 rings (SSSR count). The highest BCUT2D eigenvalue weighted by Crippen LogP contribution is 2.24. The van der Waals surface area contributed by atoms with Crippen molar-refractivity contribution < 1.29 is 9.18 Å². The first-order valence-electron chi connectivity index (χ1n) is 5.57. The van der Waals surface area contributed by atoms with E-state index in [4.69, 9.17) is 5.73 Å². The third-order valence-electron chi connectivity index (χ3n) is 3.08. The molecule has 0 bridgehead atoms. The molecule has 0 radical (unpaired) electrons. The second-order valence-corrected chi connectivity index (χ2v) is 5.09. The van der Waals surface area contributed by atoms with E-state index < -0.39 is 5.82 Å². The zero-order valence-corrected chi connectivity index (χ0v) is 10.9. The summed E-state index contributed by atoms with van der Waals surface area (Å²) < 4.78 is 14.1. The van der Waals surface area contributed by atoms with Crippen LogP contribution >= 0.6 is 15.9 Å². The molecule has 0 aliphatic carbocycles. The molecule has 2 N–H and O–H groups in total. The van der Waals surface area contributed by atoms with E-state index in [9.17, 15) is 9.18 Å². The van der Waals surface area contributed by atoms with Gasteiger partial charge in [0.05, 0.1) is 5.56 Å². The molecule has 0 spiro atoms. The molecular formula is C12H14BrFN2O. The summed E-state index contributed by atoms with van der Waals surface area (Å²) in [6.07, 6.45) is 0.897. The van der Waals surface area contributed by atoms with Crippen LogP contribution in [-0.4, -0.2) is 30.4 Å². The maximum absolute atomic E-state index is 13.6. The summed E-state index contributed by atoms with van der Waals surface area (Å²) in [7, 11) is 0. The SMILES string of the molecule is NC[C@@H]1CCN(C(=O)c2c(F)cccc2Br)C1. The maximum Gasteiger partial charge on any atom is 0.257 e. The van der Waals surface area contributed by atoms with Gasteiger partial charge in [-0.3, -0.25) is 4.79 Å². The zero-order valence-electron chi connectivity index (χ0n) is 9.33. The molecule has 1 aromatic rings. The van der Waals surface area contributed by atoms with E-state index in [1.165, 1.54) is 6.07 Å². The summed E-state index contributed by atoms with van der Waals surface area (Å²) in [5.74, 6) is -0.406. The second-order valence-electron chi connectivity index (χ2n) is 4.24. The molecule has 1 atom stereocenters. The summed E-state index contributed by atoms with van der Waals surface area (Å²) in [5.41, 5.74) is 5.69. The van der Waals surface area contributed by atoms with Crippen LogP contribution in [0.15, 0.2) is 22.7 Å². The summed E-state index contributed by atoms with van der Waals surface area (Å²) >= 11 is 3.21. The third kappa shape index (κ3) is 2.50. The Morgan fingerprint density at radius 2 is 2.35 bits per heavy atom. The Bertz CT molecular complexity index is 418. The molecule has 1 heterocycles. The lowest BCUT2D eigenvalue weighted by Crippen LogP contribution is -2.30. The minimum atomic E-state index is -0.486.